The topological polar surface area (TPSA) is 77.1 Å². The second kappa shape index (κ2) is 5.73. The molecule has 1 aliphatic carbocycles. The Morgan fingerprint density at radius 3 is 2.79 bits per heavy atom. The molecule has 0 aromatic heterocycles. The Morgan fingerprint density at radius 2 is 2.12 bits per heavy atom. The van der Waals surface area contributed by atoms with Crippen molar-refractivity contribution in [2.24, 2.45) is 0 Å². The highest BCUT2D eigenvalue weighted by atomic mass is 35.5. The van der Waals surface area contributed by atoms with E-state index < -0.39 is 11.6 Å². The molecule has 2 amide bonds. The van der Waals surface area contributed by atoms with Gasteiger partial charge in [0.15, 0.2) is 0 Å². The van der Waals surface area contributed by atoms with Crippen LogP contribution < -0.4 is 10.1 Å². The Balaban J connectivity index is 1.19. The third-order valence-electron chi connectivity index (χ3n) is 4.51. The van der Waals surface area contributed by atoms with Crippen LogP contribution in [-0.2, 0) is 9.47 Å². The third kappa shape index (κ3) is 2.96. The fourth-order valence-electron chi connectivity index (χ4n) is 3.14. The molecule has 8 heteroatoms. The number of nitrogens with zero attached hydrogens (tertiary/aromatic N) is 1. The quantitative estimate of drug-likeness (QED) is 0.902. The molecular formula is C16H17ClN2O5. The standard InChI is InChI=1S/C16H17ClN2O5/c17-10-2-1-3-11(4-10)23-12-5-13(6-12)24-15(21)19-7-16(8-19)9-22-14(20)18-16/h1-4,12-13H,5-9H2,(H,18,20). The minimum atomic E-state index is -0.428. The zero-order chi connectivity index (χ0) is 16.7. The largest absolute Gasteiger partial charge is 0.490 e. The Hall–Kier alpha value is -2.15. The van der Waals surface area contributed by atoms with Gasteiger partial charge >= 0.3 is 12.2 Å². The van der Waals surface area contributed by atoms with Gasteiger partial charge in [0.25, 0.3) is 0 Å². The number of hydrogen-bond donors (Lipinski definition) is 1. The first-order valence-corrected chi connectivity index (χ1v) is 8.22. The van der Waals surface area contributed by atoms with Gasteiger partial charge in [0.05, 0.1) is 13.1 Å². The molecule has 4 rings (SSSR count). The number of benzene rings is 1. The van der Waals surface area contributed by atoms with Crippen molar-refractivity contribution in [1.29, 1.82) is 0 Å². The maximum atomic E-state index is 12.1. The van der Waals surface area contributed by atoms with Gasteiger partial charge in [-0.2, -0.15) is 0 Å². The van der Waals surface area contributed by atoms with Crippen molar-refractivity contribution < 1.29 is 23.8 Å². The lowest BCUT2D eigenvalue weighted by Gasteiger charge is -2.46. The molecule has 1 N–H and O–H groups in total. The number of likely N-dealkylation sites (tertiary alicyclic amines) is 1. The fourth-order valence-corrected chi connectivity index (χ4v) is 3.32. The Labute approximate surface area is 143 Å². The predicted molar refractivity (Wildman–Crippen MR) is 84.2 cm³/mol. The summed E-state index contributed by atoms with van der Waals surface area (Å²) in [7, 11) is 0. The van der Waals surface area contributed by atoms with Crippen molar-refractivity contribution in [3.8, 4) is 5.75 Å². The van der Waals surface area contributed by atoms with Crippen LogP contribution in [0.15, 0.2) is 24.3 Å². The molecule has 2 aliphatic heterocycles. The molecule has 1 saturated carbocycles. The van der Waals surface area contributed by atoms with Crippen LogP contribution >= 0.6 is 11.6 Å². The molecule has 0 atom stereocenters. The van der Waals surface area contributed by atoms with Crippen molar-refractivity contribution >= 4 is 23.8 Å². The Kier molecular flexibility index (Phi) is 3.68. The van der Waals surface area contributed by atoms with Gasteiger partial charge in [-0.25, -0.2) is 9.59 Å². The number of amides is 2. The third-order valence-corrected chi connectivity index (χ3v) is 4.75. The van der Waals surface area contributed by atoms with Crippen LogP contribution in [0.5, 0.6) is 5.75 Å². The van der Waals surface area contributed by atoms with Crippen LogP contribution in [0.4, 0.5) is 9.59 Å². The lowest BCUT2D eigenvalue weighted by Crippen LogP contribution is -2.70. The van der Waals surface area contributed by atoms with Gasteiger partial charge in [0.1, 0.15) is 30.1 Å². The summed E-state index contributed by atoms with van der Waals surface area (Å²) in [6.07, 6.45) is 0.448. The molecule has 1 aromatic carbocycles. The number of carbonyl (C=O) groups is 2. The summed E-state index contributed by atoms with van der Waals surface area (Å²) >= 11 is 5.91. The summed E-state index contributed by atoms with van der Waals surface area (Å²) in [5.41, 5.74) is -0.423. The summed E-state index contributed by atoms with van der Waals surface area (Å²) in [5.74, 6) is 0.721. The Morgan fingerprint density at radius 1 is 1.33 bits per heavy atom. The predicted octanol–water partition coefficient (Wildman–Crippen LogP) is 2.18. The van der Waals surface area contributed by atoms with E-state index in [1.54, 1.807) is 17.0 Å². The first-order valence-electron chi connectivity index (χ1n) is 7.84. The minimum absolute atomic E-state index is 0.0338. The van der Waals surface area contributed by atoms with Crippen molar-refractivity contribution in [2.75, 3.05) is 19.7 Å². The fraction of sp³-hybridized carbons (Fsp3) is 0.500. The van der Waals surface area contributed by atoms with Crippen molar-refractivity contribution in [1.82, 2.24) is 10.2 Å². The second-order valence-electron chi connectivity index (χ2n) is 6.51. The summed E-state index contributed by atoms with van der Waals surface area (Å²) in [6, 6.07) is 7.23. The van der Waals surface area contributed by atoms with Gasteiger partial charge < -0.3 is 24.4 Å². The van der Waals surface area contributed by atoms with Crippen LogP contribution in [0.1, 0.15) is 12.8 Å². The highest BCUT2D eigenvalue weighted by molar-refractivity contribution is 6.30. The molecule has 2 saturated heterocycles. The molecular weight excluding hydrogens is 336 g/mol. The molecule has 7 nitrogen and oxygen atoms in total. The van der Waals surface area contributed by atoms with E-state index in [1.165, 1.54) is 0 Å². The van der Waals surface area contributed by atoms with Crippen LogP contribution in [-0.4, -0.2) is 54.5 Å². The van der Waals surface area contributed by atoms with Crippen molar-refractivity contribution in [3.05, 3.63) is 29.3 Å². The van der Waals surface area contributed by atoms with Crippen molar-refractivity contribution in [2.45, 2.75) is 30.6 Å². The zero-order valence-electron chi connectivity index (χ0n) is 12.9. The van der Waals surface area contributed by atoms with Crippen molar-refractivity contribution in [3.63, 3.8) is 0 Å². The molecule has 3 fully saturated rings. The highest BCUT2D eigenvalue weighted by Gasteiger charge is 2.52. The monoisotopic (exact) mass is 352 g/mol. The van der Waals surface area contributed by atoms with Crippen LogP contribution in [0, 0.1) is 0 Å². The minimum Gasteiger partial charge on any atom is -0.490 e. The average molecular weight is 353 g/mol. The number of alkyl carbamates (subject to hydrolysis) is 1. The molecule has 0 bridgehead atoms. The van der Waals surface area contributed by atoms with Gasteiger partial charge in [-0.05, 0) is 18.2 Å². The highest BCUT2D eigenvalue weighted by Crippen LogP contribution is 2.31. The molecule has 1 aromatic rings. The first kappa shape index (κ1) is 15.4. The number of nitrogens with one attached hydrogen (secondary N) is 1. The molecule has 1 spiro atoms. The van der Waals surface area contributed by atoms with Gasteiger partial charge in [0, 0.05) is 17.9 Å². The number of carbonyl (C=O) groups excluding carboxylic acids is 2. The molecule has 3 aliphatic rings. The molecule has 0 radical (unpaired) electrons. The van der Waals surface area contributed by atoms with Crippen LogP contribution in [0.3, 0.4) is 0 Å². The molecule has 0 unspecified atom stereocenters. The van der Waals surface area contributed by atoms with E-state index in [-0.39, 0.29) is 18.3 Å². The molecule has 128 valence electrons. The second-order valence-corrected chi connectivity index (χ2v) is 6.95. The van der Waals surface area contributed by atoms with E-state index in [4.69, 9.17) is 25.8 Å². The van der Waals surface area contributed by atoms with E-state index in [1.807, 2.05) is 12.1 Å². The van der Waals surface area contributed by atoms with Gasteiger partial charge in [-0.3, -0.25) is 0 Å². The van der Waals surface area contributed by atoms with Gasteiger partial charge in [0.2, 0.25) is 0 Å². The summed E-state index contributed by atoms with van der Waals surface area (Å²) in [4.78, 5) is 24.7. The summed E-state index contributed by atoms with van der Waals surface area (Å²) in [6.45, 7) is 1.15. The van der Waals surface area contributed by atoms with E-state index >= 15 is 0 Å². The maximum absolute atomic E-state index is 12.1. The molecule has 24 heavy (non-hydrogen) atoms. The van der Waals surface area contributed by atoms with E-state index in [2.05, 4.69) is 5.32 Å². The van der Waals surface area contributed by atoms with E-state index in [9.17, 15) is 9.59 Å². The normalized spacial score (nSPS) is 26.9. The summed E-state index contributed by atoms with van der Waals surface area (Å²) in [5, 5.41) is 3.36. The molecule has 2 heterocycles. The SMILES string of the molecule is O=C1NC2(CO1)CN(C(=O)OC1CC(Oc3cccc(Cl)c3)C1)C2. The first-order chi connectivity index (χ1) is 11.5. The van der Waals surface area contributed by atoms with E-state index in [0.717, 1.165) is 5.75 Å². The summed E-state index contributed by atoms with van der Waals surface area (Å²) < 4.78 is 16.1. The van der Waals surface area contributed by atoms with Crippen LogP contribution in [0.2, 0.25) is 5.02 Å². The number of ether oxygens (including phenoxy) is 3. The number of cyclic esters (lactones) is 1. The zero-order valence-corrected chi connectivity index (χ0v) is 13.6. The maximum Gasteiger partial charge on any atom is 0.410 e. The lowest BCUT2D eigenvalue weighted by atomic mass is 9.91. The average Bonchev–Trinajstić information content (AvgIpc) is 2.86. The van der Waals surface area contributed by atoms with Gasteiger partial charge in [-0.1, -0.05) is 17.7 Å². The Bertz CT molecular complexity index is 670. The smallest absolute Gasteiger partial charge is 0.410 e. The lowest BCUT2D eigenvalue weighted by molar-refractivity contribution is -0.0500. The van der Waals surface area contributed by atoms with Gasteiger partial charge in [-0.15, -0.1) is 0 Å². The number of halogens is 1. The number of hydrogen-bond acceptors (Lipinski definition) is 5. The van der Waals surface area contributed by atoms with E-state index in [0.29, 0.717) is 37.6 Å². The number of rotatable bonds is 3. The van der Waals surface area contributed by atoms with Crippen LogP contribution in [0.25, 0.3) is 0 Å².